The van der Waals surface area contributed by atoms with E-state index in [1.807, 2.05) is 6.07 Å². The van der Waals surface area contributed by atoms with Gasteiger partial charge in [-0.05, 0) is 37.3 Å². The van der Waals surface area contributed by atoms with Crippen molar-refractivity contribution in [2.24, 2.45) is 0 Å². The van der Waals surface area contributed by atoms with Crippen molar-refractivity contribution in [3.8, 4) is 5.69 Å². The van der Waals surface area contributed by atoms with Gasteiger partial charge in [-0.3, -0.25) is 4.79 Å². The van der Waals surface area contributed by atoms with E-state index >= 15 is 0 Å². The van der Waals surface area contributed by atoms with Crippen LogP contribution >= 0.6 is 11.6 Å². The molecule has 0 spiro atoms. The Morgan fingerprint density at radius 2 is 1.96 bits per heavy atom. The number of benzene rings is 2. The molecule has 0 saturated carbocycles. The maximum Gasteiger partial charge on any atom is 0.259 e. The van der Waals surface area contributed by atoms with E-state index in [1.54, 1.807) is 41.9 Å². The molecule has 2 aromatic carbocycles. The summed E-state index contributed by atoms with van der Waals surface area (Å²) in [6, 6.07) is 14.6. The first kappa shape index (κ1) is 15.2. The topological polar surface area (TPSA) is 46.9 Å². The van der Waals surface area contributed by atoms with Crippen molar-refractivity contribution >= 4 is 23.3 Å². The lowest BCUT2D eigenvalue weighted by molar-refractivity contribution is 0.102. The summed E-state index contributed by atoms with van der Waals surface area (Å²) in [6.45, 7) is 1.81. The second-order valence-electron chi connectivity index (χ2n) is 5.00. The van der Waals surface area contributed by atoms with Gasteiger partial charge in [0.15, 0.2) is 0 Å². The number of aromatic nitrogens is 2. The molecular weight excluding hydrogens is 317 g/mol. The minimum Gasteiger partial charge on any atom is -0.306 e. The van der Waals surface area contributed by atoms with Gasteiger partial charge < -0.3 is 5.32 Å². The minimum absolute atomic E-state index is 0.0241. The average Bonchev–Trinajstić information content (AvgIpc) is 2.88. The first-order valence-corrected chi connectivity index (χ1v) is 7.31. The van der Waals surface area contributed by atoms with Crippen LogP contribution in [0.5, 0.6) is 0 Å². The molecule has 0 radical (unpaired) electrons. The van der Waals surface area contributed by atoms with Gasteiger partial charge >= 0.3 is 0 Å². The average molecular weight is 330 g/mol. The van der Waals surface area contributed by atoms with Crippen molar-refractivity contribution in [3.05, 3.63) is 76.7 Å². The maximum absolute atomic E-state index is 13.7. The molecule has 4 nitrogen and oxygen atoms in total. The molecule has 23 heavy (non-hydrogen) atoms. The fraction of sp³-hybridized carbons (Fsp3) is 0.0588. The van der Waals surface area contributed by atoms with Crippen molar-refractivity contribution in [1.82, 2.24) is 9.78 Å². The second kappa shape index (κ2) is 6.22. The van der Waals surface area contributed by atoms with Gasteiger partial charge in [0, 0.05) is 11.1 Å². The van der Waals surface area contributed by atoms with Crippen molar-refractivity contribution in [1.29, 1.82) is 0 Å². The Bertz CT molecular complexity index is 876. The zero-order valence-corrected chi connectivity index (χ0v) is 13.0. The number of carbonyl (C=O) groups is 1. The van der Waals surface area contributed by atoms with Crippen LogP contribution in [0.25, 0.3) is 5.69 Å². The van der Waals surface area contributed by atoms with E-state index in [4.69, 9.17) is 11.6 Å². The Labute approximate surface area is 137 Å². The minimum atomic E-state index is -0.574. The van der Waals surface area contributed by atoms with Crippen LogP contribution in [0, 0.1) is 12.7 Å². The predicted octanol–water partition coefficient (Wildman–Crippen LogP) is 4.23. The standard InChI is InChI=1S/C17H13ClFN3O/c1-11-9-16(20-17(23)14-7-2-3-8-15(14)19)22(21-11)13-6-4-5-12(18)10-13/h2-10H,1H3,(H,20,23). The lowest BCUT2D eigenvalue weighted by Crippen LogP contribution is -2.16. The molecule has 0 atom stereocenters. The molecule has 0 unspecified atom stereocenters. The molecule has 1 heterocycles. The van der Waals surface area contributed by atoms with Crippen molar-refractivity contribution < 1.29 is 9.18 Å². The molecule has 116 valence electrons. The molecule has 3 aromatic rings. The summed E-state index contributed by atoms with van der Waals surface area (Å²) in [7, 11) is 0. The number of nitrogens with one attached hydrogen (secondary N) is 1. The molecule has 0 fully saturated rings. The highest BCUT2D eigenvalue weighted by Crippen LogP contribution is 2.21. The fourth-order valence-electron chi connectivity index (χ4n) is 2.22. The van der Waals surface area contributed by atoms with Gasteiger partial charge in [-0.15, -0.1) is 0 Å². The van der Waals surface area contributed by atoms with Gasteiger partial charge in [0.2, 0.25) is 0 Å². The van der Waals surface area contributed by atoms with Crippen molar-refractivity contribution in [3.63, 3.8) is 0 Å². The number of aryl methyl sites for hydroxylation is 1. The van der Waals surface area contributed by atoms with E-state index in [1.165, 1.54) is 18.2 Å². The molecule has 0 aliphatic carbocycles. The van der Waals surface area contributed by atoms with E-state index in [0.29, 0.717) is 22.2 Å². The lowest BCUT2D eigenvalue weighted by Gasteiger charge is -2.09. The van der Waals surface area contributed by atoms with E-state index in [9.17, 15) is 9.18 Å². The number of amides is 1. The molecule has 1 amide bonds. The summed E-state index contributed by atoms with van der Waals surface area (Å²) in [5, 5.41) is 7.58. The van der Waals surface area contributed by atoms with E-state index in [0.717, 1.165) is 0 Å². The third kappa shape index (κ3) is 3.24. The SMILES string of the molecule is Cc1cc(NC(=O)c2ccccc2F)n(-c2cccc(Cl)c2)n1. The third-order valence-corrected chi connectivity index (χ3v) is 3.48. The van der Waals surface area contributed by atoms with Crippen LogP contribution in [0.1, 0.15) is 16.1 Å². The number of carbonyl (C=O) groups excluding carboxylic acids is 1. The normalized spacial score (nSPS) is 10.6. The Balaban J connectivity index is 1.95. The monoisotopic (exact) mass is 329 g/mol. The molecule has 0 saturated heterocycles. The van der Waals surface area contributed by atoms with Gasteiger partial charge in [0.05, 0.1) is 16.9 Å². The molecular formula is C17H13ClFN3O. The number of anilines is 1. The summed E-state index contributed by atoms with van der Waals surface area (Å²) in [5.74, 6) is -0.667. The van der Waals surface area contributed by atoms with Crippen LogP contribution in [0.2, 0.25) is 5.02 Å². The number of nitrogens with zero attached hydrogens (tertiary/aromatic N) is 2. The van der Waals surface area contributed by atoms with Crippen LogP contribution in [0.4, 0.5) is 10.2 Å². The van der Waals surface area contributed by atoms with Crippen LogP contribution in [0.3, 0.4) is 0 Å². The highest BCUT2D eigenvalue weighted by Gasteiger charge is 2.15. The van der Waals surface area contributed by atoms with E-state index < -0.39 is 11.7 Å². The molecule has 0 aliphatic heterocycles. The van der Waals surface area contributed by atoms with Gasteiger partial charge in [0.25, 0.3) is 5.91 Å². The van der Waals surface area contributed by atoms with Gasteiger partial charge in [-0.2, -0.15) is 5.10 Å². The van der Waals surface area contributed by atoms with Crippen LogP contribution in [-0.4, -0.2) is 15.7 Å². The summed E-state index contributed by atoms with van der Waals surface area (Å²) in [5.41, 5.74) is 1.40. The van der Waals surface area contributed by atoms with Gasteiger partial charge in [0.1, 0.15) is 11.6 Å². The first-order chi connectivity index (χ1) is 11.0. The quantitative estimate of drug-likeness (QED) is 0.781. The number of rotatable bonds is 3. The summed E-state index contributed by atoms with van der Waals surface area (Å²) in [6.07, 6.45) is 0. The van der Waals surface area contributed by atoms with E-state index in [2.05, 4.69) is 10.4 Å². The summed E-state index contributed by atoms with van der Waals surface area (Å²) >= 11 is 6.00. The number of hydrogen-bond donors (Lipinski definition) is 1. The molecule has 1 N–H and O–H groups in total. The summed E-state index contributed by atoms with van der Waals surface area (Å²) < 4.78 is 15.3. The third-order valence-electron chi connectivity index (χ3n) is 3.24. The molecule has 0 bridgehead atoms. The lowest BCUT2D eigenvalue weighted by atomic mass is 10.2. The highest BCUT2D eigenvalue weighted by atomic mass is 35.5. The van der Waals surface area contributed by atoms with Gasteiger partial charge in [-0.1, -0.05) is 29.8 Å². The molecule has 0 aliphatic rings. The van der Waals surface area contributed by atoms with Crippen LogP contribution in [0.15, 0.2) is 54.6 Å². The Morgan fingerprint density at radius 3 is 2.70 bits per heavy atom. The Morgan fingerprint density at radius 1 is 1.17 bits per heavy atom. The number of hydrogen-bond acceptors (Lipinski definition) is 2. The number of halogens is 2. The Hall–Kier alpha value is -2.66. The molecule has 6 heteroatoms. The smallest absolute Gasteiger partial charge is 0.259 e. The second-order valence-corrected chi connectivity index (χ2v) is 5.43. The zero-order chi connectivity index (χ0) is 16.4. The van der Waals surface area contributed by atoms with Crippen LogP contribution in [-0.2, 0) is 0 Å². The van der Waals surface area contributed by atoms with Crippen molar-refractivity contribution in [2.75, 3.05) is 5.32 Å². The highest BCUT2D eigenvalue weighted by molar-refractivity contribution is 6.30. The first-order valence-electron chi connectivity index (χ1n) is 6.93. The predicted molar refractivity (Wildman–Crippen MR) is 87.7 cm³/mol. The largest absolute Gasteiger partial charge is 0.306 e. The zero-order valence-electron chi connectivity index (χ0n) is 12.3. The summed E-state index contributed by atoms with van der Waals surface area (Å²) in [4.78, 5) is 12.3. The van der Waals surface area contributed by atoms with Crippen LogP contribution < -0.4 is 5.32 Å². The van der Waals surface area contributed by atoms with E-state index in [-0.39, 0.29) is 5.56 Å². The maximum atomic E-state index is 13.7. The molecule has 1 aromatic heterocycles. The fourth-order valence-corrected chi connectivity index (χ4v) is 2.41. The Kier molecular flexibility index (Phi) is 4.12. The molecule has 3 rings (SSSR count). The van der Waals surface area contributed by atoms with Gasteiger partial charge in [-0.25, -0.2) is 9.07 Å². The van der Waals surface area contributed by atoms with Crippen molar-refractivity contribution in [2.45, 2.75) is 6.92 Å².